The van der Waals surface area contributed by atoms with Gasteiger partial charge in [-0.2, -0.15) is 0 Å². The summed E-state index contributed by atoms with van der Waals surface area (Å²) >= 11 is 4.46. The summed E-state index contributed by atoms with van der Waals surface area (Å²) in [6, 6.07) is 11.5. The average Bonchev–Trinajstić information content (AvgIpc) is 2.40. The molecule has 7 heteroatoms. The van der Waals surface area contributed by atoms with Gasteiger partial charge in [0.05, 0.1) is 9.82 Å². The van der Waals surface area contributed by atoms with Crippen LogP contribution in [0.2, 0.25) is 0 Å². The molecule has 0 unspecified atom stereocenters. The maximum absolute atomic E-state index is 11.1. The third-order valence-electron chi connectivity index (χ3n) is 2.45. The van der Waals surface area contributed by atoms with Crippen molar-refractivity contribution in [2.24, 2.45) is 0 Å². The first-order valence-electron chi connectivity index (χ1n) is 5.43. The number of aromatic carboxylic acids is 1. The molecule has 0 aliphatic heterocycles. The summed E-state index contributed by atoms with van der Waals surface area (Å²) in [5, 5.41) is 20.1. The van der Waals surface area contributed by atoms with Crippen LogP contribution in [0.5, 0.6) is 0 Å². The Morgan fingerprint density at radius 2 is 1.85 bits per heavy atom. The molecule has 1 N–H and O–H groups in total. The first kappa shape index (κ1) is 14.5. The predicted molar refractivity (Wildman–Crippen MR) is 78.3 cm³/mol. The number of para-hydroxylation sites is 1. The first-order valence-corrected chi connectivity index (χ1v) is 7.04. The van der Waals surface area contributed by atoms with Gasteiger partial charge in [0.1, 0.15) is 5.56 Å². The molecule has 0 saturated carbocycles. The Balaban J connectivity index is 2.46. The van der Waals surface area contributed by atoms with Gasteiger partial charge in [0.2, 0.25) is 0 Å². The maximum Gasteiger partial charge on any atom is 0.342 e. The fraction of sp³-hybridized carbons (Fsp3) is 0. The summed E-state index contributed by atoms with van der Waals surface area (Å²) in [6.07, 6.45) is 0. The molecule has 5 nitrogen and oxygen atoms in total. The molecule has 102 valence electrons. The van der Waals surface area contributed by atoms with Gasteiger partial charge in [0.25, 0.3) is 5.69 Å². The van der Waals surface area contributed by atoms with Gasteiger partial charge >= 0.3 is 5.97 Å². The highest BCUT2D eigenvalue weighted by Crippen LogP contribution is 2.37. The van der Waals surface area contributed by atoms with Crippen LogP contribution >= 0.6 is 27.7 Å². The van der Waals surface area contributed by atoms with E-state index in [1.54, 1.807) is 12.1 Å². The maximum atomic E-state index is 11.1. The van der Waals surface area contributed by atoms with Crippen LogP contribution < -0.4 is 0 Å². The van der Waals surface area contributed by atoms with E-state index in [2.05, 4.69) is 15.9 Å². The van der Waals surface area contributed by atoms with Crippen LogP contribution in [0.4, 0.5) is 5.69 Å². The van der Waals surface area contributed by atoms with Gasteiger partial charge in [-0.15, -0.1) is 0 Å². The zero-order valence-corrected chi connectivity index (χ0v) is 12.3. The van der Waals surface area contributed by atoms with E-state index in [-0.39, 0.29) is 11.3 Å². The van der Waals surface area contributed by atoms with Crippen molar-refractivity contribution >= 4 is 39.3 Å². The third-order valence-corrected chi connectivity index (χ3v) is 4.04. The molecule has 2 aromatic rings. The number of benzene rings is 2. The molecule has 0 radical (unpaired) electrons. The van der Waals surface area contributed by atoms with Gasteiger partial charge in [-0.3, -0.25) is 10.1 Å². The van der Waals surface area contributed by atoms with E-state index in [1.807, 2.05) is 12.1 Å². The minimum Gasteiger partial charge on any atom is -0.477 e. The molecular weight excluding hydrogens is 346 g/mol. The molecule has 0 aliphatic rings. The summed E-state index contributed by atoms with van der Waals surface area (Å²) in [5.41, 5.74) is -0.690. The smallest absolute Gasteiger partial charge is 0.342 e. The largest absolute Gasteiger partial charge is 0.477 e. The molecule has 0 aliphatic carbocycles. The van der Waals surface area contributed by atoms with Crippen molar-refractivity contribution in [1.29, 1.82) is 0 Å². The zero-order valence-electron chi connectivity index (χ0n) is 9.95. The Morgan fingerprint density at radius 1 is 1.20 bits per heavy atom. The number of carbonyl (C=O) groups is 1. The van der Waals surface area contributed by atoms with Crippen molar-refractivity contribution in [2.45, 2.75) is 9.79 Å². The fourth-order valence-corrected chi connectivity index (χ4v) is 2.81. The molecule has 0 bridgehead atoms. The molecule has 20 heavy (non-hydrogen) atoms. The number of nitro groups is 1. The van der Waals surface area contributed by atoms with Gasteiger partial charge in [-0.25, -0.2) is 4.79 Å². The number of rotatable bonds is 4. The number of hydrogen-bond donors (Lipinski definition) is 1. The topological polar surface area (TPSA) is 80.4 Å². The lowest BCUT2D eigenvalue weighted by Gasteiger charge is -2.05. The van der Waals surface area contributed by atoms with E-state index < -0.39 is 10.9 Å². The lowest BCUT2D eigenvalue weighted by molar-refractivity contribution is -0.388. The van der Waals surface area contributed by atoms with Gasteiger partial charge in [-0.1, -0.05) is 33.8 Å². The Morgan fingerprint density at radius 3 is 2.40 bits per heavy atom. The first-order chi connectivity index (χ1) is 9.49. The lowest BCUT2D eigenvalue weighted by atomic mass is 10.2. The van der Waals surface area contributed by atoms with Gasteiger partial charge in [0.15, 0.2) is 0 Å². The van der Waals surface area contributed by atoms with Crippen LogP contribution in [-0.4, -0.2) is 16.0 Å². The summed E-state index contributed by atoms with van der Waals surface area (Å²) < 4.78 is 0.899. The predicted octanol–water partition coefficient (Wildman–Crippen LogP) is 4.21. The fourth-order valence-electron chi connectivity index (χ4n) is 1.60. The zero-order chi connectivity index (χ0) is 14.7. The Labute approximate surface area is 126 Å². The molecule has 0 spiro atoms. The molecule has 0 heterocycles. The van der Waals surface area contributed by atoms with Crippen LogP contribution in [0.25, 0.3) is 0 Å². The Bertz CT molecular complexity index is 673. The second-order valence-corrected chi connectivity index (χ2v) is 5.80. The highest BCUT2D eigenvalue weighted by Gasteiger charge is 2.24. The number of halogens is 1. The normalized spacial score (nSPS) is 10.2. The standard InChI is InChI=1S/C13H8BrNO4S/c14-8-4-6-9(7-5-8)20-11-3-1-2-10(13(16)17)12(11)15(18)19/h1-7H,(H,16,17). The SMILES string of the molecule is O=C(O)c1cccc(Sc2ccc(Br)cc2)c1[N+](=O)[O-]. The third kappa shape index (κ3) is 3.17. The van der Waals surface area contributed by atoms with Crippen LogP contribution in [0.3, 0.4) is 0 Å². The van der Waals surface area contributed by atoms with Gasteiger partial charge in [0, 0.05) is 9.37 Å². The summed E-state index contributed by atoms with van der Waals surface area (Å²) in [7, 11) is 0. The van der Waals surface area contributed by atoms with Crippen LogP contribution in [0.1, 0.15) is 10.4 Å². The van der Waals surface area contributed by atoms with Crippen molar-refractivity contribution in [3.05, 3.63) is 62.6 Å². The second-order valence-electron chi connectivity index (χ2n) is 3.77. The molecule has 0 amide bonds. The van der Waals surface area contributed by atoms with E-state index in [0.29, 0.717) is 4.90 Å². The van der Waals surface area contributed by atoms with Gasteiger partial charge < -0.3 is 5.11 Å². The highest BCUT2D eigenvalue weighted by molar-refractivity contribution is 9.10. The van der Waals surface area contributed by atoms with Gasteiger partial charge in [-0.05, 0) is 36.4 Å². The van der Waals surface area contributed by atoms with Crippen molar-refractivity contribution in [1.82, 2.24) is 0 Å². The lowest BCUT2D eigenvalue weighted by Crippen LogP contribution is -2.03. The molecule has 0 saturated heterocycles. The minimum absolute atomic E-state index is 0.303. The minimum atomic E-state index is -1.31. The highest BCUT2D eigenvalue weighted by atomic mass is 79.9. The van der Waals surface area contributed by atoms with Crippen LogP contribution in [0.15, 0.2) is 56.7 Å². The van der Waals surface area contributed by atoms with Crippen LogP contribution in [0, 0.1) is 10.1 Å². The Hall–Kier alpha value is -1.86. The quantitative estimate of drug-likeness (QED) is 0.657. The van der Waals surface area contributed by atoms with E-state index >= 15 is 0 Å². The molecule has 0 atom stereocenters. The number of nitro benzene ring substituents is 1. The van der Waals surface area contributed by atoms with E-state index in [1.165, 1.54) is 18.2 Å². The van der Waals surface area contributed by atoms with Crippen LogP contribution in [-0.2, 0) is 0 Å². The second kappa shape index (κ2) is 6.06. The van der Waals surface area contributed by atoms with E-state index in [4.69, 9.17) is 5.11 Å². The number of nitrogens with zero attached hydrogens (tertiary/aromatic N) is 1. The van der Waals surface area contributed by atoms with Crippen molar-refractivity contribution < 1.29 is 14.8 Å². The molecular formula is C13H8BrNO4S. The van der Waals surface area contributed by atoms with Crippen molar-refractivity contribution in [2.75, 3.05) is 0 Å². The molecule has 2 rings (SSSR count). The summed E-state index contributed by atoms with van der Waals surface area (Å²) in [6.45, 7) is 0. The molecule has 0 aromatic heterocycles. The monoisotopic (exact) mass is 353 g/mol. The summed E-state index contributed by atoms with van der Waals surface area (Å²) in [4.78, 5) is 22.6. The van der Waals surface area contributed by atoms with Crippen molar-refractivity contribution in [3.8, 4) is 0 Å². The molecule has 0 fully saturated rings. The average molecular weight is 354 g/mol. The van der Waals surface area contributed by atoms with Crippen molar-refractivity contribution in [3.63, 3.8) is 0 Å². The number of carboxylic acid groups (broad SMARTS) is 1. The van der Waals surface area contributed by atoms with E-state index in [0.717, 1.165) is 21.1 Å². The van der Waals surface area contributed by atoms with E-state index in [9.17, 15) is 14.9 Å². The Kier molecular flexibility index (Phi) is 4.41. The number of hydrogen-bond acceptors (Lipinski definition) is 4. The molecule has 2 aromatic carbocycles. The summed E-state index contributed by atoms with van der Waals surface area (Å²) in [5.74, 6) is -1.31. The number of carboxylic acids is 1.